The summed E-state index contributed by atoms with van der Waals surface area (Å²) in [4.78, 5) is 66.6. The van der Waals surface area contributed by atoms with Crippen LogP contribution in [0.4, 0.5) is 4.39 Å². The first-order chi connectivity index (χ1) is 25.9. The predicted octanol–water partition coefficient (Wildman–Crippen LogP) is 3.91. The van der Waals surface area contributed by atoms with E-state index in [0.717, 1.165) is 16.7 Å². The van der Waals surface area contributed by atoms with Gasteiger partial charge in [0.25, 0.3) is 0 Å². The number of fused-ring (bicyclic) bond motifs is 1. The number of amides is 2. The number of aliphatic carboxylic acids is 1. The van der Waals surface area contributed by atoms with Crippen LogP contribution in [0.15, 0.2) is 73.1 Å². The molecule has 16 heteroatoms. The maximum atomic E-state index is 15.3. The summed E-state index contributed by atoms with van der Waals surface area (Å²) in [6.45, 7) is 0.789. The maximum Gasteiger partial charge on any atom is 0.335 e. The number of carboxylic acids is 2. The van der Waals surface area contributed by atoms with E-state index in [0.29, 0.717) is 30.5 Å². The minimum absolute atomic E-state index is 0.0332. The summed E-state index contributed by atoms with van der Waals surface area (Å²) in [7, 11) is 0. The SMILES string of the molecule is N[C@@H](CCC(=O)O)C(=O)N1CC=C(c2cccc3c2CCN(C(=O)/C=C/c2c(-n4cnnn4)ccc(Cl)c2F)C3C(=O)Cc2ccc(C(=O)O)cc2)CC1. The molecule has 0 aliphatic carbocycles. The Morgan fingerprint density at radius 1 is 1.02 bits per heavy atom. The number of Topliss-reactive ketones (excluding diaryl/α,β-unsaturated/α-hetero) is 1. The van der Waals surface area contributed by atoms with E-state index >= 15 is 4.39 Å². The number of tetrazole rings is 1. The molecule has 3 aromatic carbocycles. The Morgan fingerprint density at radius 2 is 1.80 bits per heavy atom. The molecule has 2 atom stereocenters. The second kappa shape index (κ2) is 16.3. The smallest absolute Gasteiger partial charge is 0.335 e. The average Bonchev–Trinajstić information content (AvgIpc) is 3.71. The Kier molecular flexibility index (Phi) is 11.4. The fourth-order valence-corrected chi connectivity index (χ4v) is 6.97. The van der Waals surface area contributed by atoms with E-state index in [1.807, 2.05) is 12.1 Å². The van der Waals surface area contributed by atoms with Crippen molar-refractivity contribution in [3.8, 4) is 5.69 Å². The zero-order chi connectivity index (χ0) is 38.5. The number of aromatic carboxylic acids is 1. The quantitative estimate of drug-likeness (QED) is 0.177. The fraction of sp³-hybridized carbons (Fsp3) is 0.263. The van der Waals surface area contributed by atoms with Gasteiger partial charge in [-0.25, -0.2) is 9.18 Å². The van der Waals surface area contributed by atoms with Crippen molar-refractivity contribution in [2.75, 3.05) is 19.6 Å². The van der Waals surface area contributed by atoms with Crippen LogP contribution in [-0.4, -0.2) is 95.4 Å². The van der Waals surface area contributed by atoms with Crippen LogP contribution in [0.5, 0.6) is 0 Å². The average molecular weight is 756 g/mol. The molecule has 0 bridgehead atoms. The van der Waals surface area contributed by atoms with Crippen molar-refractivity contribution in [1.29, 1.82) is 0 Å². The summed E-state index contributed by atoms with van der Waals surface area (Å²) in [6, 6.07) is 12.4. The number of hydrogen-bond acceptors (Lipinski definition) is 9. The highest BCUT2D eigenvalue weighted by molar-refractivity contribution is 6.31. The fourth-order valence-electron chi connectivity index (χ4n) is 6.81. The number of rotatable bonds is 12. The van der Waals surface area contributed by atoms with Gasteiger partial charge in [-0.1, -0.05) is 48.0 Å². The molecule has 2 aliphatic rings. The summed E-state index contributed by atoms with van der Waals surface area (Å²) in [6.07, 6.45) is 6.24. The molecule has 1 unspecified atom stereocenters. The lowest BCUT2D eigenvalue weighted by atomic mass is 9.82. The van der Waals surface area contributed by atoms with E-state index in [4.69, 9.17) is 22.4 Å². The molecule has 0 saturated carbocycles. The van der Waals surface area contributed by atoms with Gasteiger partial charge >= 0.3 is 11.9 Å². The molecule has 0 saturated heterocycles. The minimum Gasteiger partial charge on any atom is -0.481 e. The third-order valence-corrected chi connectivity index (χ3v) is 9.83. The standard InChI is InChI=1S/C38H35ClFN7O7/c39-29-9-11-31(47-21-42-43-44-47)28(35(29)40)8-12-33(49)46-19-16-26-25(23-14-17-45(18-15-23)37(52)30(41)10-13-34(50)51)2-1-3-27(26)36(46)32(48)20-22-4-6-24(7-5-22)38(53)54/h1-9,11-12,14,21,30,36H,10,13,15-20,41H2,(H,50,51)(H,53,54)/b12-8+/t30-,36?/m0/s1. The van der Waals surface area contributed by atoms with Crippen molar-refractivity contribution >= 4 is 52.8 Å². The maximum absolute atomic E-state index is 15.3. The van der Waals surface area contributed by atoms with E-state index in [9.17, 15) is 29.1 Å². The molecule has 2 aliphatic heterocycles. The molecule has 14 nitrogen and oxygen atoms in total. The number of hydrogen-bond donors (Lipinski definition) is 3. The molecule has 3 heterocycles. The van der Waals surface area contributed by atoms with E-state index in [1.165, 1.54) is 52.3 Å². The molecule has 0 radical (unpaired) electrons. The number of carboxylic acid groups (broad SMARTS) is 2. The van der Waals surface area contributed by atoms with Crippen molar-refractivity contribution in [3.05, 3.63) is 117 Å². The van der Waals surface area contributed by atoms with Crippen LogP contribution in [0.1, 0.15) is 63.5 Å². The largest absolute Gasteiger partial charge is 0.481 e. The Labute approximate surface area is 313 Å². The molecular weight excluding hydrogens is 721 g/mol. The number of benzene rings is 3. The summed E-state index contributed by atoms with van der Waals surface area (Å²) in [5.41, 5.74) is 10.1. The van der Waals surface area contributed by atoms with Gasteiger partial charge in [-0.15, -0.1) is 5.10 Å². The number of nitrogens with two attached hydrogens (primary N) is 1. The molecule has 4 N–H and O–H groups in total. The number of ketones is 1. The van der Waals surface area contributed by atoms with E-state index < -0.39 is 35.7 Å². The van der Waals surface area contributed by atoms with Gasteiger partial charge in [-0.05, 0) is 87.9 Å². The highest BCUT2D eigenvalue weighted by Crippen LogP contribution is 2.37. The Morgan fingerprint density at radius 3 is 2.46 bits per heavy atom. The lowest BCUT2D eigenvalue weighted by Gasteiger charge is -2.37. The number of halogens is 2. The normalized spacial score (nSPS) is 16.1. The van der Waals surface area contributed by atoms with Crippen molar-refractivity contribution in [1.82, 2.24) is 30.0 Å². The number of nitrogens with zero attached hydrogens (tertiary/aromatic N) is 6. The van der Waals surface area contributed by atoms with Crippen LogP contribution in [0.25, 0.3) is 17.3 Å². The molecule has 278 valence electrons. The first-order valence-corrected chi connectivity index (χ1v) is 17.4. The summed E-state index contributed by atoms with van der Waals surface area (Å²) >= 11 is 6.08. The minimum atomic E-state index is -1.10. The molecule has 54 heavy (non-hydrogen) atoms. The van der Waals surface area contributed by atoms with Crippen LogP contribution in [-0.2, 0) is 32.0 Å². The first-order valence-electron chi connectivity index (χ1n) is 17.0. The molecular formula is C38H35ClFN7O7. The molecule has 4 aromatic rings. The van der Waals surface area contributed by atoms with Gasteiger partial charge in [0.15, 0.2) is 11.6 Å². The van der Waals surface area contributed by atoms with Crippen molar-refractivity contribution in [2.24, 2.45) is 5.73 Å². The van der Waals surface area contributed by atoms with Gasteiger partial charge in [0, 0.05) is 44.1 Å². The number of carbonyl (C=O) groups excluding carboxylic acids is 3. The second-order valence-electron chi connectivity index (χ2n) is 12.9. The highest BCUT2D eigenvalue weighted by atomic mass is 35.5. The first kappa shape index (κ1) is 37.7. The van der Waals surface area contributed by atoms with E-state index in [1.54, 1.807) is 29.2 Å². The van der Waals surface area contributed by atoms with Crippen molar-refractivity contribution < 1.29 is 38.6 Å². The predicted molar refractivity (Wildman–Crippen MR) is 194 cm³/mol. The lowest BCUT2D eigenvalue weighted by Crippen LogP contribution is -2.45. The highest BCUT2D eigenvalue weighted by Gasteiger charge is 2.36. The Hall–Kier alpha value is -6.06. The van der Waals surface area contributed by atoms with Crippen LogP contribution in [0.3, 0.4) is 0 Å². The number of aromatic nitrogens is 4. The second-order valence-corrected chi connectivity index (χ2v) is 13.3. The van der Waals surface area contributed by atoms with Gasteiger partial charge in [0.05, 0.1) is 22.3 Å². The van der Waals surface area contributed by atoms with Gasteiger partial charge in [0.1, 0.15) is 12.4 Å². The topological polar surface area (TPSA) is 202 Å². The third kappa shape index (κ3) is 8.11. The third-order valence-electron chi connectivity index (χ3n) is 9.54. The lowest BCUT2D eigenvalue weighted by molar-refractivity contribution is -0.137. The van der Waals surface area contributed by atoms with Crippen molar-refractivity contribution in [2.45, 2.75) is 44.2 Å². The summed E-state index contributed by atoms with van der Waals surface area (Å²) in [5, 5.41) is 29.1. The van der Waals surface area contributed by atoms with E-state index in [-0.39, 0.29) is 65.9 Å². The summed E-state index contributed by atoms with van der Waals surface area (Å²) in [5.74, 6) is -4.11. The van der Waals surface area contributed by atoms with Gasteiger partial charge in [-0.2, -0.15) is 4.68 Å². The molecule has 6 rings (SSSR count). The van der Waals surface area contributed by atoms with E-state index in [2.05, 4.69) is 15.5 Å². The van der Waals surface area contributed by atoms with Crippen LogP contribution in [0, 0.1) is 5.82 Å². The van der Waals surface area contributed by atoms with Gasteiger partial charge < -0.3 is 25.7 Å². The van der Waals surface area contributed by atoms with Gasteiger partial charge in [-0.3, -0.25) is 19.2 Å². The summed E-state index contributed by atoms with van der Waals surface area (Å²) < 4.78 is 16.6. The van der Waals surface area contributed by atoms with Crippen molar-refractivity contribution in [3.63, 3.8) is 0 Å². The van der Waals surface area contributed by atoms with Gasteiger partial charge in [0.2, 0.25) is 11.8 Å². The molecule has 0 fully saturated rings. The van der Waals surface area contributed by atoms with Crippen LogP contribution >= 0.6 is 11.6 Å². The van der Waals surface area contributed by atoms with Crippen LogP contribution < -0.4 is 5.73 Å². The number of carbonyl (C=O) groups is 5. The molecule has 2 amide bonds. The monoisotopic (exact) mass is 755 g/mol. The zero-order valence-corrected chi connectivity index (χ0v) is 29.5. The molecule has 0 spiro atoms. The Balaban J connectivity index is 1.31. The zero-order valence-electron chi connectivity index (χ0n) is 28.8. The van der Waals surface area contributed by atoms with Crippen LogP contribution in [0.2, 0.25) is 5.02 Å². The molecule has 1 aromatic heterocycles. The Bertz CT molecular complexity index is 2170.